The van der Waals surface area contributed by atoms with Gasteiger partial charge in [-0.15, -0.1) is 0 Å². The van der Waals surface area contributed by atoms with Gasteiger partial charge in [-0.1, -0.05) is 13.8 Å². The largest absolute Gasteiger partial charge is 0.494 e. The molecule has 140 valence electrons. The molecule has 3 aromatic rings. The van der Waals surface area contributed by atoms with Crippen molar-refractivity contribution in [1.82, 2.24) is 14.4 Å². The van der Waals surface area contributed by atoms with Crippen LogP contribution >= 0.6 is 0 Å². The first-order valence-electron chi connectivity index (χ1n) is 8.24. The molecule has 6 nitrogen and oxygen atoms in total. The van der Waals surface area contributed by atoms with Crippen molar-refractivity contribution in [1.29, 1.82) is 0 Å². The SMILES string of the molecule is CC.COc1cc(N)c(/C(C)=C\N)cc1F.Cc1ncnc2cccn12. The minimum atomic E-state index is -0.446. The van der Waals surface area contributed by atoms with Crippen molar-refractivity contribution in [2.75, 3.05) is 12.8 Å². The molecule has 0 amide bonds. The summed E-state index contributed by atoms with van der Waals surface area (Å²) in [6.07, 6.45) is 4.91. The van der Waals surface area contributed by atoms with E-state index in [1.165, 1.54) is 25.4 Å². The van der Waals surface area contributed by atoms with Gasteiger partial charge in [0.2, 0.25) is 0 Å². The molecule has 0 radical (unpaired) electrons. The number of hydrogen-bond acceptors (Lipinski definition) is 5. The highest BCUT2D eigenvalue weighted by Crippen LogP contribution is 2.28. The summed E-state index contributed by atoms with van der Waals surface area (Å²) < 4.78 is 20.0. The fraction of sp³-hybridized carbons (Fsp3) is 0.263. The Balaban J connectivity index is 0.000000246. The van der Waals surface area contributed by atoms with Crippen molar-refractivity contribution in [2.24, 2.45) is 5.73 Å². The van der Waals surface area contributed by atoms with Gasteiger partial charge >= 0.3 is 0 Å². The lowest BCUT2D eigenvalue weighted by atomic mass is 10.1. The van der Waals surface area contributed by atoms with E-state index in [9.17, 15) is 4.39 Å². The van der Waals surface area contributed by atoms with Crippen molar-refractivity contribution in [3.8, 4) is 5.75 Å². The number of fused-ring (bicyclic) bond motifs is 1. The van der Waals surface area contributed by atoms with Crippen LogP contribution in [-0.4, -0.2) is 21.5 Å². The van der Waals surface area contributed by atoms with E-state index in [2.05, 4.69) is 9.97 Å². The number of allylic oxidation sites excluding steroid dienone is 1. The minimum absolute atomic E-state index is 0.135. The van der Waals surface area contributed by atoms with E-state index < -0.39 is 5.82 Å². The highest BCUT2D eigenvalue weighted by molar-refractivity contribution is 5.74. The molecule has 0 aliphatic rings. The van der Waals surface area contributed by atoms with Crippen molar-refractivity contribution < 1.29 is 9.13 Å². The third-order valence-corrected chi connectivity index (χ3v) is 3.51. The number of nitrogens with zero attached hydrogens (tertiary/aromatic N) is 3. The van der Waals surface area contributed by atoms with E-state index >= 15 is 0 Å². The summed E-state index contributed by atoms with van der Waals surface area (Å²) >= 11 is 0. The number of benzene rings is 1. The van der Waals surface area contributed by atoms with Crippen LogP contribution in [0.4, 0.5) is 10.1 Å². The summed E-state index contributed by atoms with van der Waals surface area (Å²) in [7, 11) is 1.39. The quantitative estimate of drug-likeness (QED) is 0.679. The molecule has 0 saturated carbocycles. The number of halogens is 1. The highest BCUT2D eigenvalue weighted by Gasteiger charge is 2.08. The number of rotatable bonds is 2. The fourth-order valence-electron chi connectivity index (χ4n) is 2.14. The van der Waals surface area contributed by atoms with Crippen LogP contribution < -0.4 is 16.2 Å². The number of ether oxygens (including phenoxy) is 1. The van der Waals surface area contributed by atoms with Crippen LogP contribution in [0.25, 0.3) is 11.2 Å². The molecule has 3 rings (SSSR count). The van der Waals surface area contributed by atoms with Gasteiger partial charge in [0.1, 0.15) is 17.8 Å². The molecule has 0 fully saturated rings. The van der Waals surface area contributed by atoms with Crippen LogP contribution in [0.1, 0.15) is 32.2 Å². The van der Waals surface area contributed by atoms with Crippen LogP contribution in [0.5, 0.6) is 5.75 Å². The first-order chi connectivity index (χ1) is 12.5. The molecule has 0 atom stereocenters. The van der Waals surface area contributed by atoms with Gasteiger partial charge in [-0.25, -0.2) is 14.4 Å². The van der Waals surface area contributed by atoms with E-state index in [-0.39, 0.29) is 5.75 Å². The first-order valence-corrected chi connectivity index (χ1v) is 8.24. The molecule has 0 bridgehead atoms. The number of nitrogens with two attached hydrogens (primary N) is 2. The van der Waals surface area contributed by atoms with E-state index in [1.54, 1.807) is 13.3 Å². The number of aryl methyl sites for hydroxylation is 1. The van der Waals surface area contributed by atoms with Gasteiger partial charge in [0.05, 0.1) is 7.11 Å². The molecule has 2 heterocycles. The number of hydrogen-bond donors (Lipinski definition) is 2. The lowest BCUT2D eigenvalue weighted by molar-refractivity contribution is 0.387. The summed E-state index contributed by atoms with van der Waals surface area (Å²) in [6.45, 7) is 7.71. The molecule has 0 aliphatic carbocycles. The molecule has 2 aromatic heterocycles. The minimum Gasteiger partial charge on any atom is -0.494 e. The van der Waals surface area contributed by atoms with Gasteiger partial charge < -0.3 is 16.2 Å². The summed E-state index contributed by atoms with van der Waals surface area (Å²) in [5.74, 6) is 0.656. The van der Waals surface area contributed by atoms with Gasteiger partial charge in [0.25, 0.3) is 0 Å². The maximum Gasteiger partial charge on any atom is 0.165 e. The van der Waals surface area contributed by atoms with E-state index in [0.29, 0.717) is 11.3 Å². The van der Waals surface area contributed by atoms with E-state index in [1.807, 2.05) is 43.5 Å². The molecular formula is C19H26FN5O. The Bertz CT molecular complexity index is 873. The fourth-order valence-corrected chi connectivity index (χ4v) is 2.14. The van der Waals surface area contributed by atoms with E-state index in [0.717, 1.165) is 17.0 Å². The number of methoxy groups -OCH3 is 1. The van der Waals surface area contributed by atoms with Crippen LogP contribution in [0.3, 0.4) is 0 Å². The smallest absolute Gasteiger partial charge is 0.165 e. The molecule has 7 heteroatoms. The Labute approximate surface area is 153 Å². The molecule has 0 saturated heterocycles. The topological polar surface area (TPSA) is 91.5 Å². The van der Waals surface area contributed by atoms with Gasteiger partial charge in [-0.3, -0.25) is 4.40 Å². The van der Waals surface area contributed by atoms with Crippen molar-refractivity contribution in [3.05, 3.63) is 60.2 Å². The summed E-state index contributed by atoms with van der Waals surface area (Å²) in [5, 5.41) is 0. The predicted octanol–water partition coefficient (Wildman–Crippen LogP) is 3.80. The second-order valence-corrected chi connectivity index (χ2v) is 5.08. The first kappa shape index (κ1) is 21.0. The maximum atomic E-state index is 13.3. The predicted molar refractivity (Wildman–Crippen MR) is 104 cm³/mol. The Hall–Kier alpha value is -3.09. The van der Waals surface area contributed by atoms with Gasteiger partial charge in [0, 0.05) is 23.5 Å². The monoisotopic (exact) mass is 359 g/mol. The molecule has 0 aliphatic heterocycles. The second kappa shape index (κ2) is 10.0. The Kier molecular flexibility index (Phi) is 8.08. The standard InChI is InChI=1S/C10H13FN2O.C7H7N3.C2H6/c1-6(5-12)7-3-8(11)10(14-2)4-9(7)13;1-6-8-5-9-7-3-2-4-10(6)7;1-2/h3-5H,12-13H2,1-2H3;2-5H,1H3;1-2H3/b6-5-;;. The molecule has 4 N–H and O–H groups in total. The molecule has 0 spiro atoms. The molecular weight excluding hydrogens is 333 g/mol. The Morgan fingerprint density at radius 3 is 2.54 bits per heavy atom. The summed E-state index contributed by atoms with van der Waals surface area (Å²) in [5.41, 5.74) is 13.7. The van der Waals surface area contributed by atoms with Crippen molar-refractivity contribution in [3.63, 3.8) is 0 Å². The molecule has 0 unspecified atom stereocenters. The Morgan fingerprint density at radius 2 is 1.96 bits per heavy atom. The van der Waals surface area contributed by atoms with Crippen molar-refractivity contribution in [2.45, 2.75) is 27.7 Å². The number of anilines is 1. The zero-order chi connectivity index (χ0) is 19.7. The number of nitrogen functional groups attached to an aromatic ring is 1. The number of aromatic nitrogens is 3. The third-order valence-electron chi connectivity index (χ3n) is 3.51. The maximum absolute atomic E-state index is 13.3. The average molecular weight is 359 g/mol. The van der Waals surface area contributed by atoms with Crippen LogP contribution in [0.2, 0.25) is 0 Å². The van der Waals surface area contributed by atoms with Gasteiger partial charge in [-0.05, 0) is 43.8 Å². The van der Waals surface area contributed by atoms with E-state index in [4.69, 9.17) is 16.2 Å². The molecule has 26 heavy (non-hydrogen) atoms. The normalized spacial score (nSPS) is 10.5. The zero-order valence-corrected chi connectivity index (χ0v) is 15.8. The van der Waals surface area contributed by atoms with Crippen LogP contribution in [0, 0.1) is 12.7 Å². The molecule has 1 aromatic carbocycles. The average Bonchev–Trinajstić information content (AvgIpc) is 3.15. The summed E-state index contributed by atoms with van der Waals surface area (Å²) in [4.78, 5) is 8.09. The second-order valence-electron chi connectivity index (χ2n) is 5.08. The summed E-state index contributed by atoms with van der Waals surface area (Å²) in [6, 6.07) is 6.66. The highest BCUT2D eigenvalue weighted by atomic mass is 19.1. The van der Waals surface area contributed by atoms with Gasteiger partial charge in [-0.2, -0.15) is 0 Å². The van der Waals surface area contributed by atoms with Crippen LogP contribution in [-0.2, 0) is 0 Å². The third kappa shape index (κ3) is 4.95. The zero-order valence-electron chi connectivity index (χ0n) is 15.8. The van der Waals surface area contributed by atoms with Gasteiger partial charge in [0.15, 0.2) is 11.6 Å². The van der Waals surface area contributed by atoms with Crippen molar-refractivity contribution >= 4 is 16.9 Å². The van der Waals surface area contributed by atoms with Crippen LogP contribution in [0.15, 0.2) is 43.0 Å². The lowest BCUT2D eigenvalue weighted by Crippen LogP contribution is -1.98. The lowest BCUT2D eigenvalue weighted by Gasteiger charge is -2.08. The Morgan fingerprint density at radius 1 is 1.27 bits per heavy atom.